The number of amides is 1. The van der Waals surface area contributed by atoms with E-state index in [9.17, 15) is 19.2 Å². The minimum Gasteiger partial charge on any atom is -0.465 e. The number of Topliss-reactive ketones (excluding diaryl/α,β-unsaturated/α-hetero) is 2. The Balaban J connectivity index is 0.000000236. The number of carbonyl (C=O) groups excluding carboxylic acids is 4. The Hall–Kier alpha value is -3.96. The summed E-state index contributed by atoms with van der Waals surface area (Å²) in [7, 11) is 8.95. The Morgan fingerprint density at radius 2 is 1.07 bits per heavy atom. The molecule has 0 radical (unpaired) electrons. The van der Waals surface area contributed by atoms with Crippen LogP contribution in [0.15, 0.2) is 82.2 Å². The maximum Gasteiger partial charge on any atom is 0.337 e. The second-order valence-corrected chi connectivity index (χ2v) is 11.9. The highest BCUT2D eigenvalue weighted by Gasteiger charge is 2.24. The van der Waals surface area contributed by atoms with Gasteiger partial charge in [-0.3, -0.25) is 24.2 Å². The van der Waals surface area contributed by atoms with Crippen molar-refractivity contribution in [1.29, 1.82) is 0 Å². The third-order valence-electron chi connectivity index (χ3n) is 6.73. The Bertz CT molecular complexity index is 1480. The number of primary amides is 1. The fourth-order valence-electron chi connectivity index (χ4n) is 4.66. The maximum atomic E-state index is 12.6. The van der Waals surface area contributed by atoms with E-state index < -0.39 is 5.91 Å². The minimum absolute atomic E-state index is 0.130. The smallest absolute Gasteiger partial charge is 0.337 e. The van der Waals surface area contributed by atoms with Gasteiger partial charge in [-0.15, -0.1) is 0 Å². The number of hydrogen-bond donors (Lipinski definition) is 1. The van der Waals surface area contributed by atoms with Crippen molar-refractivity contribution in [3.63, 3.8) is 0 Å². The number of nitrogens with two attached hydrogens (primary N) is 1. The van der Waals surface area contributed by atoms with E-state index in [1.54, 1.807) is 71.2 Å². The molecule has 8 nitrogen and oxygen atoms in total. The van der Waals surface area contributed by atoms with Gasteiger partial charge < -0.3 is 10.5 Å². The van der Waals surface area contributed by atoms with Crippen molar-refractivity contribution < 1.29 is 23.9 Å². The van der Waals surface area contributed by atoms with Crippen LogP contribution < -0.4 is 5.73 Å². The number of ketones is 2. The van der Waals surface area contributed by atoms with Crippen molar-refractivity contribution in [1.82, 2.24) is 9.80 Å². The van der Waals surface area contributed by atoms with Crippen LogP contribution >= 0.6 is 22.7 Å². The summed E-state index contributed by atoms with van der Waals surface area (Å²) in [6, 6.07) is 17.3. The van der Waals surface area contributed by atoms with E-state index in [1.165, 1.54) is 7.11 Å². The molecule has 2 N–H and O–H groups in total. The summed E-state index contributed by atoms with van der Waals surface area (Å²) in [5.74, 6) is -0.570. The molecular weight excluding hydrogens is 583 g/mol. The van der Waals surface area contributed by atoms with Crippen molar-refractivity contribution in [2.45, 2.75) is 24.9 Å². The van der Waals surface area contributed by atoms with Crippen LogP contribution in [0, 0.1) is 0 Å². The van der Waals surface area contributed by atoms with Gasteiger partial charge in [-0.25, -0.2) is 4.79 Å². The number of methoxy groups -OCH3 is 1. The molecule has 226 valence electrons. The minimum atomic E-state index is -0.461. The average molecular weight is 620 g/mol. The normalized spacial score (nSPS) is 12.3. The lowest BCUT2D eigenvalue weighted by Gasteiger charge is -2.22. The van der Waals surface area contributed by atoms with Crippen molar-refractivity contribution in [3.8, 4) is 0 Å². The third kappa shape index (κ3) is 9.52. The molecule has 2 aromatic heterocycles. The molecule has 0 bridgehead atoms. The van der Waals surface area contributed by atoms with Gasteiger partial charge >= 0.3 is 5.97 Å². The zero-order valence-corrected chi connectivity index (χ0v) is 26.6. The molecule has 4 rings (SSSR count). The summed E-state index contributed by atoms with van der Waals surface area (Å²) >= 11 is 3.17. The molecule has 1 amide bonds. The fraction of sp³-hybridized carbons (Fsp3) is 0.273. The highest BCUT2D eigenvalue weighted by atomic mass is 32.1. The van der Waals surface area contributed by atoms with E-state index in [1.807, 2.05) is 71.6 Å². The summed E-state index contributed by atoms with van der Waals surface area (Å²) in [5.41, 5.74) is 9.95. The van der Waals surface area contributed by atoms with Crippen molar-refractivity contribution >= 4 is 46.1 Å². The summed E-state index contributed by atoms with van der Waals surface area (Å²) in [6.07, 6.45) is 0.665. The molecule has 43 heavy (non-hydrogen) atoms. The largest absolute Gasteiger partial charge is 0.465 e. The second-order valence-electron chi connectivity index (χ2n) is 10.4. The molecule has 2 heterocycles. The Kier molecular flexibility index (Phi) is 12.5. The number of thiophene rings is 2. The summed E-state index contributed by atoms with van der Waals surface area (Å²) in [6.45, 7) is 0. The van der Waals surface area contributed by atoms with Gasteiger partial charge in [0.05, 0.1) is 24.8 Å². The number of esters is 1. The third-order valence-corrected chi connectivity index (χ3v) is 8.13. The van der Waals surface area contributed by atoms with Gasteiger partial charge in [-0.05, 0) is 108 Å². The SMILES string of the molecule is CN(C)C(C(=O)Cc1ccc(C(N)=O)cc1)c1ccsc1.COC(=O)c1ccc(CC(=O)C(c2ccsc2)N(C)C)cc1. The lowest BCUT2D eigenvalue weighted by atomic mass is 9.98. The van der Waals surface area contributed by atoms with Crippen molar-refractivity contribution in [3.05, 3.63) is 116 Å². The number of ether oxygens (including phenoxy) is 1. The van der Waals surface area contributed by atoms with Crippen LogP contribution in [0.2, 0.25) is 0 Å². The molecule has 0 spiro atoms. The molecule has 2 atom stereocenters. The van der Waals surface area contributed by atoms with Crippen LogP contribution in [-0.2, 0) is 27.2 Å². The number of benzene rings is 2. The van der Waals surface area contributed by atoms with Crippen LogP contribution in [0.3, 0.4) is 0 Å². The van der Waals surface area contributed by atoms with Crippen LogP contribution in [-0.4, -0.2) is 68.5 Å². The fourth-order valence-corrected chi connectivity index (χ4v) is 6.02. The van der Waals surface area contributed by atoms with E-state index >= 15 is 0 Å². The molecule has 2 aromatic carbocycles. The van der Waals surface area contributed by atoms with Crippen LogP contribution in [0.4, 0.5) is 0 Å². The van der Waals surface area contributed by atoms with Gasteiger partial charge in [-0.1, -0.05) is 24.3 Å². The zero-order valence-electron chi connectivity index (χ0n) is 25.0. The molecule has 0 fully saturated rings. The standard InChI is InChI=1S/C17H19NO3S.C16H18N2O2S/c1-18(2)16(14-8-9-22-11-14)15(19)10-12-4-6-13(7-5-12)17(20)21-3;1-18(2)15(13-7-8-21-10-13)14(19)9-11-3-5-12(6-4-11)16(17)20/h4-9,11,16H,10H2,1-3H3;3-8,10,15H,9H2,1-2H3,(H2,17,20). The Labute approximate surface area is 260 Å². The van der Waals surface area contributed by atoms with E-state index in [-0.39, 0.29) is 29.6 Å². The first-order valence-corrected chi connectivity index (χ1v) is 15.4. The molecule has 0 aliphatic heterocycles. The molecule has 10 heteroatoms. The first-order chi connectivity index (χ1) is 20.5. The van der Waals surface area contributed by atoms with E-state index in [4.69, 9.17) is 5.73 Å². The lowest BCUT2D eigenvalue weighted by molar-refractivity contribution is -0.123. The summed E-state index contributed by atoms with van der Waals surface area (Å²) in [5, 5.41) is 7.95. The zero-order chi connectivity index (χ0) is 31.5. The highest BCUT2D eigenvalue weighted by molar-refractivity contribution is 7.08. The summed E-state index contributed by atoms with van der Waals surface area (Å²) < 4.78 is 4.66. The number of nitrogens with zero attached hydrogens (tertiary/aromatic N) is 2. The Morgan fingerprint density at radius 3 is 1.37 bits per heavy atom. The van der Waals surface area contributed by atoms with Gasteiger partial charge in [0.25, 0.3) is 0 Å². The molecule has 2 unspecified atom stereocenters. The van der Waals surface area contributed by atoms with E-state index in [0.29, 0.717) is 24.0 Å². The average Bonchev–Trinajstić information content (AvgIpc) is 3.69. The number of likely N-dealkylation sites (N-methyl/N-ethyl adjacent to an activating group) is 2. The maximum absolute atomic E-state index is 12.6. The monoisotopic (exact) mass is 619 g/mol. The van der Waals surface area contributed by atoms with Crippen LogP contribution in [0.1, 0.15) is 55.1 Å². The molecule has 0 saturated heterocycles. The summed E-state index contributed by atoms with van der Waals surface area (Å²) in [4.78, 5) is 51.4. The quantitative estimate of drug-likeness (QED) is 0.217. The van der Waals surface area contributed by atoms with Crippen LogP contribution in [0.5, 0.6) is 0 Å². The first kappa shape index (κ1) is 33.5. The van der Waals surface area contributed by atoms with Gasteiger partial charge in [0, 0.05) is 18.4 Å². The predicted octanol–water partition coefficient (Wildman–Crippen LogP) is 5.21. The van der Waals surface area contributed by atoms with E-state index in [0.717, 1.165) is 22.3 Å². The van der Waals surface area contributed by atoms with Crippen molar-refractivity contribution in [2.24, 2.45) is 5.73 Å². The van der Waals surface area contributed by atoms with Crippen LogP contribution in [0.25, 0.3) is 0 Å². The van der Waals surface area contributed by atoms with E-state index in [2.05, 4.69) is 4.74 Å². The Morgan fingerprint density at radius 1 is 0.674 bits per heavy atom. The molecule has 4 aromatic rings. The lowest BCUT2D eigenvalue weighted by Crippen LogP contribution is -2.28. The molecular formula is C33H37N3O5S2. The van der Waals surface area contributed by atoms with Gasteiger partial charge in [0.2, 0.25) is 5.91 Å². The number of hydrogen-bond acceptors (Lipinski definition) is 9. The molecule has 0 aliphatic rings. The highest BCUT2D eigenvalue weighted by Crippen LogP contribution is 2.25. The number of rotatable bonds is 12. The topological polar surface area (TPSA) is 110 Å². The predicted molar refractivity (Wildman–Crippen MR) is 172 cm³/mol. The molecule has 0 aliphatic carbocycles. The number of carbonyl (C=O) groups is 4. The van der Waals surface area contributed by atoms with Gasteiger partial charge in [-0.2, -0.15) is 22.7 Å². The molecule has 0 saturated carbocycles. The van der Waals surface area contributed by atoms with Gasteiger partial charge in [0.15, 0.2) is 11.6 Å². The second kappa shape index (κ2) is 16.0. The van der Waals surface area contributed by atoms with Crippen molar-refractivity contribution in [2.75, 3.05) is 35.3 Å². The van der Waals surface area contributed by atoms with Gasteiger partial charge in [0.1, 0.15) is 0 Å². The first-order valence-electron chi connectivity index (χ1n) is 13.5.